The van der Waals surface area contributed by atoms with Gasteiger partial charge in [0, 0.05) is 39.6 Å². The summed E-state index contributed by atoms with van der Waals surface area (Å²) in [4.78, 5) is 28.0. The number of hydrogen-bond acceptors (Lipinski definition) is 8. The second-order valence-electron chi connectivity index (χ2n) is 7.91. The maximum Gasteiger partial charge on any atom is 0.338 e. The van der Waals surface area contributed by atoms with Crippen molar-refractivity contribution in [3.8, 4) is 0 Å². The van der Waals surface area contributed by atoms with Crippen LogP contribution in [0.2, 0.25) is 0 Å². The smallest absolute Gasteiger partial charge is 0.338 e. The summed E-state index contributed by atoms with van der Waals surface area (Å²) < 4.78 is 21.5. The zero-order valence-corrected chi connectivity index (χ0v) is 20.1. The molecule has 2 aromatic rings. The molecule has 0 aliphatic carbocycles. The van der Waals surface area contributed by atoms with Crippen LogP contribution in [0.1, 0.15) is 27.6 Å². The Morgan fingerprint density at radius 2 is 1.12 bits per heavy atom. The highest BCUT2D eigenvalue weighted by atomic mass is 16.6. The van der Waals surface area contributed by atoms with Crippen molar-refractivity contribution in [2.24, 2.45) is 0 Å². The minimum atomic E-state index is -0.383. The minimum Gasteiger partial charge on any atom is -0.460 e. The van der Waals surface area contributed by atoms with Crippen LogP contribution in [0.3, 0.4) is 0 Å². The van der Waals surface area contributed by atoms with Gasteiger partial charge >= 0.3 is 11.9 Å². The molecular weight excluding hydrogens is 424 g/mol. The molecule has 0 saturated heterocycles. The zero-order chi connectivity index (χ0) is 24.2. The number of nitrogens with zero attached hydrogens (tertiary/aromatic N) is 2. The van der Waals surface area contributed by atoms with Crippen LogP contribution < -0.4 is 9.80 Å². The molecule has 0 saturated carbocycles. The van der Waals surface area contributed by atoms with Crippen molar-refractivity contribution in [3.63, 3.8) is 0 Å². The van der Waals surface area contributed by atoms with E-state index < -0.39 is 0 Å². The summed E-state index contributed by atoms with van der Waals surface area (Å²) in [5.74, 6) is -0.766. The second-order valence-corrected chi connectivity index (χ2v) is 7.91. The molecular formula is C25H34N2O6. The van der Waals surface area contributed by atoms with Gasteiger partial charge in [0.1, 0.15) is 13.2 Å². The first kappa shape index (κ1) is 26.2. The standard InChI is InChI=1S/C25H34N2O6/c1-19(31-16-17-33-25(29)21-8-12-23(13-9-21)27(4)5)18-30-14-15-32-24(28)20-6-10-22(11-7-20)26(2)3/h6-13,19H,14-18H2,1-5H3. The van der Waals surface area contributed by atoms with Gasteiger partial charge in [-0.1, -0.05) is 0 Å². The van der Waals surface area contributed by atoms with E-state index >= 15 is 0 Å². The highest BCUT2D eigenvalue weighted by Crippen LogP contribution is 2.14. The Hall–Kier alpha value is -3.10. The average molecular weight is 459 g/mol. The van der Waals surface area contributed by atoms with E-state index in [4.69, 9.17) is 18.9 Å². The van der Waals surface area contributed by atoms with E-state index in [0.717, 1.165) is 11.4 Å². The number of benzene rings is 2. The van der Waals surface area contributed by atoms with E-state index in [1.807, 2.05) is 69.2 Å². The predicted octanol–water partition coefficient (Wildman–Crippen LogP) is 3.25. The molecule has 1 atom stereocenters. The normalized spacial score (nSPS) is 11.5. The Morgan fingerprint density at radius 3 is 1.55 bits per heavy atom. The molecule has 0 spiro atoms. The lowest BCUT2D eigenvalue weighted by Crippen LogP contribution is -2.21. The van der Waals surface area contributed by atoms with Gasteiger partial charge in [0.15, 0.2) is 0 Å². The van der Waals surface area contributed by atoms with Gasteiger partial charge in [0.2, 0.25) is 0 Å². The molecule has 0 aromatic heterocycles. The van der Waals surface area contributed by atoms with Crippen LogP contribution in [0.25, 0.3) is 0 Å². The predicted molar refractivity (Wildman–Crippen MR) is 128 cm³/mol. The van der Waals surface area contributed by atoms with Crippen molar-refractivity contribution >= 4 is 23.3 Å². The molecule has 33 heavy (non-hydrogen) atoms. The summed E-state index contributed by atoms with van der Waals surface area (Å²) in [6.45, 7) is 3.06. The maximum atomic E-state index is 12.1. The quantitative estimate of drug-likeness (QED) is 0.334. The van der Waals surface area contributed by atoms with E-state index in [1.165, 1.54) is 0 Å². The summed E-state index contributed by atoms with van der Waals surface area (Å²) in [5.41, 5.74) is 3.02. The second kappa shape index (κ2) is 13.4. The molecule has 0 aliphatic heterocycles. The fraction of sp³-hybridized carbons (Fsp3) is 0.440. The molecule has 180 valence electrons. The van der Waals surface area contributed by atoms with Crippen LogP contribution >= 0.6 is 0 Å². The van der Waals surface area contributed by atoms with Gasteiger partial charge in [-0.25, -0.2) is 9.59 Å². The van der Waals surface area contributed by atoms with Crippen LogP contribution in [0, 0.1) is 0 Å². The van der Waals surface area contributed by atoms with Crippen molar-refractivity contribution in [1.29, 1.82) is 0 Å². The first-order valence-corrected chi connectivity index (χ1v) is 10.9. The van der Waals surface area contributed by atoms with Gasteiger partial charge in [-0.05, 0) is 55.5 Å². The lowest BCUT2D eigenvalue weighted by molar-refractivity contribution is -0.0324. The van der Waals surface area contributed by atoms with Crippen LogP contribution in [-0.4, -0.2) is 79.3 Å². The number of carbonyl (C=O) groups is 2. The molecule has 0 amide bonds. The molecule has 0 radical (unpaired) electrons. The summed E-state index contributed by atoms with van der Waals surface area (Å²) in [6.07, 6.45) is -0.183. The van der Waals surface area contributed by atoms with Gasteiger partial charge in [-0.2, -0.15) is 0 Å². The summed E-state index contributed by atoms with van der Waals surface area (Å²) >= 11 is 0. The van der Waals surface area contributed by atoms with Crippen molar-refractivity contribution < 1.29 is 28.5 Å². The minimum absolute atomic E-state index is 0.156. The van der Waals surface area contributed by atoms with E-state index in [-0.39, 0.29) is 44.5 Å². The first-order valence-electron chi connectivity index (χ1n) is 10.9. The Labute approximate surface area is 196 Å². The third-order valence-corrected chi connectivity index (χ3v) is 4.77. The van der Waals surface area contributed by atoms with Crippen LogP contribution in [0.5, 0.6) is 0 Å². The van der Waals surface area contributed by atoms with Gasteiger partial charge in [0.05, 0.1) is 37.1 Å². The molecule has 0 heterocycles. The molecule has 8 nitrogen and oxygen atoms in total. The molecule has 0 bridgehead atoms. The monoisotopic (exact) mass is 458 g/mol. The number of carbonyl (C=O) groups excluding carboxylic acids is 2. The lowest BCUT2D eigenvalue weighted by Gasteiger charge is -2.14. The van der Waals surface area contributed by atoms with Gasteiger partial charge in [-0.15, -0.1) is 0 Å². The third-order valence-electron chi connectivity index (χ3n) is 4.77. The highest BCUT2D eigenvalue weighted by Gasteiger charge is 2.10. The maximum absolute atomic E-state index is 12.1. The molecule has 1 unspecified atom stereocenters. The molecule has 8 heteroatoms. The van der Waals surface area contributed by atoms with E-state index in [2.05, 4.69) is 0 Å². The Morgan fingerprint density at radius 1 is 0.697 bits per heavy atom. The molecule has 0 fully saturated rings. The van der Waals surface area contributed by atoms with E-state index in [9.17, 15) is 9.59 Å². The van der Waals surface area contributed by atoms with Gasteiger partial charge in [-0.3, -0.25) is 0 Å². The number of esters is 2. The van der Waals surface area contributed by atoms with Crippen molar-refractivity contribution in [3.05, 3.63) is 59.7 Å². The molecule has 2 rings (SSSR count). The highest BCUT2D eigenvalue weighted by molar-refractivity contribution is 5.90. The van der Waals surface area contributed by atoms with Crippen molar-refractivity contribution in [2.75, 3.05) is 71.0 Å². The number of anilines is 2. The van der Waals surface area contributed by atoms with Gasteiger partial charge in [0.25, 0.3) is 0 Å². The molecule has 0 aliphatic rings. The average Bonchev–Trinajstić information content (AvgIpc) is 2.81. The fourth-order valence-electron chi connectivity index (χ4n) is 2.83. The third kappa shape index (κ3) is 9.11. The SMILES string of the molecule is CC(COCCOC(=O)c1ccc(N(C)C)cc1)OCCOC(=O)c1ccc(N(C)C)cc1. The van der Waals surface area contributed by atoms with Crippen molar-refractivity contribution in [2.45, 2.75) is 13.0 Å². The largest absolute Gasteiger partial charge is 0.460 e. The van der Waals surface area contributed by atoms with Crippen LogP contribution in [0.4, 0.5) is 11.4 Å². The summed E-state index contributed by atoms with van der Waals surface area (Å²) in [7, 11) is 7.75. The summed E-state index contributed by atoms with van der Waals surface area (Å²) in [5, 5.41) is 0. The molecule has 0 N–H and O–H groups in total. The Kier molecular flexibility index (Phi) is 10.7. The Balaban J connectivity index is 1.54. The van der Waals surface area contributed by atoms with Crippen molar-refractivity contribution in [1.82, 2.24) is 0 Å². The summed E-state index contributed by atoms with van der Waals surface area (Å²) in [6, 6.07) is 14.4. The lowest BCUT2D eigenvalue weighted by atomic mass is 10.2. The van der Waals surface area contributed by atoms with E-state index in [1.54, 1.807) is 24.3 Å². The first-order chi connectivity index (χ1) is 15.8. The van der Waals surface area contributed by atoms with Crippen LogP contribution in [0.15, 0.2) is 48.5 Å². The number of ether oxygens (including phenoxy) is 4. The fourth-order valence-corrected chi connectivity index (χ4v) is 2.83. The van der Waals surface area contributed by atoms with E-state index in [0.29, 0.717) is 17.7 Å². The zero-order valence-electron chi connectivity index (χ0n) is 20.1. The number of rotatable bonds is 13. The number of hydrogen-bond donors (Lipinski definition) is 0. The molecule has 2 aromatic carbocycles. The van der Waals surface area contributed by atoms with Crippen LogP contribution in [-0.2, 0) is 18.9 Å². The Bertz CT molecular complexity index is 865. The topological polar surface area (TPSA) is 77.5 Å². The van der Waals surface area contributed by atoms with Gasteiger partial charge < -0.3 is 28.7 Å².